The maximum Gasteiger partial charge on any atom is 0.0732 e. The van der Waals surface area contributed by atoms with E-state index in [1.165, 1.54) is 27.7 Å². The Labute approximate surface area is 138 Å². The Bertz CT molecular complexity index is 764. The van der Waals surface area contributed by atoms with E-state index in [4.69, 9.17) is 0 Å². The average molecular weight is 363 g/mol. The third kappa shape index (κ3) is 2.50. The van der Waals surface area contributed by atoms with Crippen molar-refractivity contribution in [2.45, 2.75) is 12.5 Å². The Morgan fingerprint density at radius 3 is 2.57 bits per heavy atom. The van der Waals surface area contributed by atoms with Gasteiger partial charge in [0.2, 0.25) is 0 Å². The minimum absolute atomic E-state index is 0. The van der Waals surface area contributed by atoms with Gasteiger partial charge in [0.1, 0.15) is 0 Å². The van der Waals surface area contributed by atoms with E-state index < -0.39 is 0 Å². The summed E-state index contributed by atoms with van der Waals surface area (Å²) in [5, 5.41) is 4.99. The van der Waals surface area contributed by atoms with Gasteiger partial charge in [-0.3, -0.25) is 0 Å². The number of fused-ring (bicyclic) bond motifs is 3. The zero-order valence-electron chi connectivity index (χ0n) is 11.4. The molecule has 2 heterocycles. The number of halogens is 2. The first-order valence-electron chi connectivity index (χ1n) is 6.91. The van der Waals surface area contributed by atoms with Gasteiger partial charge in [-0.15, -0.1) is 0 Å². The van der Waals surface area contributed by atoms with Crippen LogP contribution in [0.2, 0.25) is 0 Å². The molecule has 0 spiro atoms. The predicted molar refractivity (Wildman–Crippen MR) is 86.0 cm³/mol. The fourth-order valence-electron chi connectivity index (χ4n) is 3.12. The molecule has 0 saturated heterocycles. The lowest BCUT2D eigenvalue weighted by molar-refractivity contribution is -0.00000386. The van der Waals surface area contributed by atoms with Crippen LogP contribution in [0.15, 0.2) is 53.0 Å². The first-order chi connectivity index (χ1) is 9.83. The van der Waals surface area contributed by atoms with Gasteiger partial charge in [0, 0.05) is 27.6 Å². The Balaban J connectivity index is 0.00000132. The van der Waals surface area contributed by atoms with Crippen molar-refractivity contribution in [3.8, 4) is 0 Å². The first kappa shape index (κ1) is 14.6. The number of H-pyrrole nitrogens is 1. The first-order valence-corrected chi connectivity index (χ1v) is 7.70. The molecule has 4 heteroatoms. The molecular formula is C17H15BrClN2-. The Hall–Kier alpha value is -1.29. The van der Waals surface area contributed by atoms with E-state index in [-0.39, 0.29) is 18.4 Å². The predicted octanol–water partition coefficient (Wildman–Crippen LogP) is 1.17. The van der Waals surface area contributed by atoms with Crippen molar-refractivity contribution >= 4 is 26.8 Å². The molecule has 0 amide bonds. The summed E-state index contributed by atoms with van der Waals surface area (Å²) in [5.74, 6) is 0. The van der Waals surface area contributed by atoms with Crippen molar-refractivity contribution in [1.82, 2.24) is 10.3 Å². The van der Waals surface area contributed by atoms with Crippen LogP contribution in [-0.4, -0.2) is 11.5 Å². The third-order valence-corrected chi connectivity index (χ3v) is 4.59. The average Bonchev–Trinajstić information content (AvgIpc) is 2.87. The van der Waals surface area contributed by atoms with Crippen molar-refractivity contribution in [2.75, 3.05) is 6.54 Å². The maximum absolute atomic E-state index is 3.63. The van der Waals surface area contributed by atoms with Crippen molar-refractivity contribution < 1.29 is 12.4 Å². The van der Waals surface area contributed by atoms with E-state index in [0.717, 1.165) is 17.4 Å². The molecule has 2 N–H and O–H groups in total. The van der Waals surface area contributed by atoms with Gasteiger partial charge in [-0.05, 0) is 35.7 Å². The van der Waals surface area contributed by atoms with E-state index >= 15 is 0 Å². The van der Waals surface area contributed by atoms with Crippen LogP contribution in [0, 0.1) is 0 Å². The monoisotopic (exact) mass is 361 g/mol. The summed E-state index contributed by atoms with van der Waals surface area (Å²) < 4.78 is 1.12. The molecular weight excluding hydrogens is 348 g/mol. The molecule has 0 aliphatic carbocycles. The zero-order valence-corrected chi connectivity index (χ0v) is 13.7. The number of aromatic amines is 1. The van der Waals surface area contributed by atoms with Crippen LogP contribution in [0.5, 0.6) is 0 Å². The van der Waals surface area contributed by atoms with E-state index in [1.807, 2.05) is 0 Å². The van der Waals surface area contributed by atoms with Gasteiger partial charge in [0.25, 0.3) is 0 Å². The normalized spacial score (nSPS) is 17.3. The number of para-hydroxylation sites is 1. The summed E-state index contributed by atoms with van der Waals surface area (Å²) in [6.07, 6.45) is 1.09. The van der Waals surface area contributed by atoms with Gasteiger partial charge in [-0.2, -0.15) is 0 Å². The third-order valence-electron chi connectivity index (χ3n) is 4.06. The molecule has 1 aromatic heterocycles. The van der Waals surface area contributed by atoms with Gasteiger partial charge in [-0.25, -0.2) is 0 Å². The fourth-order valence-corrected chi connectivity index (χ4v) is 3.38. The summed E-state index contributed by atoms with van der Waals surface area (Å²) in [5.41, 5.74) is 5.33. The van der Waals surface area contributed by atoms with E-state index in [0.29, 0.717) is 0 Å². The van der Waals surface area contributed by atoms with Crippen molar-refractivity contribution in [2.24, 2.45) is 0 Å². The summed E-state index contributed by atoms with van der Waals surface area (Å²) in [4.78, 5) is 3.60. The second-order valence-corrected chi connectivity index (χ2v) is 6.17. The Morgan fingerprint density at radius 1 is 1.00 bits per heavy atom. The topological polar surface area (TPSA) is 27.8 Å². The van der Waals surface area contributed by atoms with E-state index in [9.17, 15) is 0 Å². The van der Waals surface area contributed by atoms with E-state index in [1.54, 1.807) is 0 Å². The molecule has 0 radical (unpaired) electrons. The largest absolute Gasteiger partial charge is 1.00 e. The SMILES string of the molecule is Brc1ccc(C2NCCc3c2[nH]c2ccccc32)cc1.[Cl-]. The number of benzene rings is 2. The highest BCUT2D eigenvalue weighted by atomic mass is 79.9. The fraction of sp³-hybridized carbons (Fsp3) is 0.176. The van der Waals surface area contributed by atoms with Gasteiger partial charge in [0.05, 0.1) is 6.04 Å². The second-order valence-electron chi connectivity index (χ2n) is 5.25. The van der Waals surface area contributed by atoms with Crippen molar-refractivity contribution in [3.63, 3.8) is 0 Å². The van der Waals surface area contributed by atoms with Crippen LogP contribution in [0.4, 0.5) is 0 Å². The highest BCUT2D eigenvalue weighted by molar-refractivity contribution is 9.10. The molecule has 0 fully saturated rings. The number of hydrogen-bond acceptors (Lipinski definition) is 1. The van der Waals surface area contributed by atoms with Crippen LogP contribution < -0.4 is 17.7 Å². The van der Waals surface area contributed by atoms with Gasteiger partial charge in [-0.1, -0.05) is 46.3 Å². The van der Waals surface area contributed by atoms with E-state index in [2.05, 4.69) is 74.8 Å². The second kappa shape index (κ2) is 5.84. The number of hydrogen-bond donors (Lipinski definition) is 2. The van der Waals surface area contributed by atoms with Gasteiger partial charge < -0.3 is 22.7 Å². The van der Waals surface area contributed by atoms with Crippen LogP contribution >= 0.6 is 15.9 Å². The molecule has 0 bridgehead atoms. The number of aromatic nitrogens is 1. The summed E-state index contributed by atoms with van der Waals surface area (Å²) in [6.45, 7) is 1.02. The molecule has 0 saturated carbocycles. The standard InChI is InChI=1S/C17H15BrN2.ClH/c18-12-7-5-11(6-8-12)16-17-14(9-10-19-16)13-3-1-2-4-15(13)20-17;/h1-8,16,19-20H,9-10H2;1H/p-1. The molecule has 1 atom stereocenters. The molecule has 1 unspecified atom stereocenters. The van der Waals surface area contributed by atoms with Gasteiger partial charge >= 0.3 is 0 Å². The Kier molecular flexibility index (Phi) is 4.07. The molecule has 1 aliphatic heterocycles. The van der Waals surface area contributed by atoms with Crippen LogP contribution in [0.3, 0.4) is 0 Å². The number of nitrogens with one attached hydrogen (secondary N) is 2. The molecule has 2 aromatic carbocycles. The summed E-state index contributed by atoms with van der Waals surface area (Å²) in [7, 11) is 0. The maximum atomic E-state index is 3.63. The smallest absolute Gasteiger partial charge is 0.0732 e. The molecule has 108 valence electrons. The van der Waals surface area contributed by atoms with Crippen molar-refractivity contribution in [3.05, 3.63) is 69.8 Å². The lowest BCUT2D eigenvalue weighted by Gasteiger charge is -2.24. The quantitative estimate of drug-likeness (QED) is 0.668. The highest BCUT2D eigenvalue weighted by Crippen LogP contribution is 2.33. The van der Waals surface area contributed by atoms with Gasteiger partial charge in [0.15, 0.2) is 0 Å². The molecule has 1 aliphatic rings. The number of rotatable bonds is 1. The lowest BCUT2D eigenvalue weighted by atomic mass is 9.94. The molecule has 21 heavy (non-hydrogen) atoms. The zero-order chi connectivity index (χ0) is 13.5. The lowest BCUT2D eigenvalue weighted by Crippen LogP contribution is -3.00. The van der Waals surface area contributed by atoms with Crippen molar-refractivity contribution in [1.29, 1.82) is 0 Å². The molecule has 3 aromatic rings. The van der Waals surface area contributed by atoms with Crippen LogP contribution in [-0.2, 0) is 6.42 Å². The summed E-state index contributed by atoms with van der Waals surface area (Å²) >= 11 is 3.50. The summed E-state index contributed by atoms with van der Waals surface area (Å²) in [6, 6.07) is 17.4. The molecule has 2 nitrogen and oxygen atoms in total. The Morgan fingerprint density at radius 2 is 1.76 bits per heavy atom. The van der Waals surface area contributed by atoms with Crippen LogP contribution in [0.1, 0.15) is 22.9 Å². The molecule has 4 rings (SSSR count). The highest BCUT2D eigenvalue weighted by Gasteiger charge is 2.24. The van der Waals surface area contributed by atoms with Crippen LogP contribution in [0.25, 0.3) is 10.9 Å². The minimum Gasteiger partial charge on any atom is -1.00 e. The minimum atomic E-state index is 0.